The summed E-state index contributed by atoms with van der Waals surface area (Å²) in [6.07, 6.45) is 7.84. The van der Waals surface area contributed by atoms with Crippen molar-refractivity contribution in [2.75, 3.05) is 7.05 Å². The third-order valence-electron chi connectivity index (χ3n) is 4.37. The Morgan fingerprint density at radius 2 is 1.83 bits per heavy atom. The summed E-state index contributed by atoms with van der Waals surface area (Å²) in [6.45, 7) is 11.2. The summed E-state index contributed by atoms with van der Waals surface area (Å²) in [6, 6.07) is 0.596. The van der Waals surface area contributed by atoms with Gasteiger partial charge in [0.2, 0.25) is 0 Å². The zero-order valence-corrected chi connectivity index (χ0v) is 13.3. The molecule has 2 unspecified atom stereocenters. The van der Waals surface area contributed by atoms with E-state index in [0.717, 1.165) is 0 Å². The van der Waals surface area contributed by atoms with Crippen molar-refractivity contribution in [3.8, 4) is 0 Å². The average Bonchev–Trinajstić information content (AvgIpc) is 2.47. The van der Waals surface area contributed by atoms with E-state index < -0.39 is 0 Å². The SMILES string of the molecule is CCCCCCC(NC)C1CC(C)(C)OC1(C)C. The third kappa shape index (κ3) is 4.24. The number of unbranched alkanes of at least 4 members (excludes halogenated alkanes) is 3. The van der Waals surface area contributed by atoms with E-state index >= 15 is 0 Å². The first-order valence-electron chi connectivity index (χ1n) is 7.70. The van der Waals surface area contributed by atoms with Crippen molar-refractivity contribution < 1.29 is 4.74 Å². The Kier molecular flexibility index (Phi) is 5.67. The molecular weight excluding hydrogens is 222 g/mol. The Labute approximate surface area is 114 Å². The van der Waals surface area contributed by atoms with Crippen LogP contribution < -0.4 is 5.32 Å². The van der Waals surface area contributed by atoms with Crippen molar-refractivity contribution >= 4 is 0 Å². The molecule has 0 aromatic heterocycles. The first-order valence-corrected chi connectivity index (χ1v) is 7.70. The largest absolute Gasteiger partial charge is 0.369 e. The molecule has 0 amide bonds. The molecule has 1 heterocycles. The average molecular weight is 255 g/mol. The van der Waals surface area contributed by atoms with Crippen molar-refractivity contribution in [1.82, 2.24) is 5.32 Å². The molecule has 1 aliphatic heterocycles. The minimum atomic E-state index is 0.00192. The molecule has 1 N–H and O–H groups in total. The fourth-order valence-corrected chi connectivity index (χ4v) is 3.57. The number of nitrogens with one attached hydrogen (secondary N) is 1. The molecule has 0 radical (unpaired) electrons. The highest BCUT2D eigenvalue weighted by Gasteiger charge is 2.48. The molecule has 0 spiro atoms. The lowest BCUT2D eigenvalue weighted by Gasteiger charge is -2.33. The maximum Gasteiger partial charge on any atom is 0.0677 e. The number of ether oxygens (including phenoxy) is 1. The molecule has 1 saturated heterocycles. The molecule has 0 bridgehead atoms. The number of hydrogen-bond donors (Lipinski definition) is 1. The van der Waals surface area contributed by atoms with E-state index in [1.807, 2.05) is 0 Å². The molecule has 2 heteroatoms. The highest BCUT2D eigenvalue weighted by molar-refractivity contribution is 4.99. The topological polar surface area (TPSA) is 21.3 Å². The predicted octanol–water partition coefficient (Wildman–Crippen LogP) is 4.14. The molecule has 1 fully saturated rings. The molecular formula is C16H33NO. The van der Waals surface area contributed by atoms with Gasteiger partial charge in [-0.2, -0.15) is 0 Å². The van der Waals surface area contributed by atoms with Crippen LogP contribution in [0.1, 0.15) is 73.1 Å². The lowest BCUT2D eigenvalue weighted by Crippen LogP contribution is -2.42. The Morgan fingerprint density at radius 1 is 1.17 bits per heavy atom. The molecule has 108 valence electrons. The summed E-state index contributed by atoms with van der Waals surface area (Å²) in [4.78, 5) is 0. The zero-order valence-electron chi connectivity index (χ0n) is 13.3. The van der Waals surface area contributed by atoms with Crippen molar-refractivity contribution in [3.05, 3.63) is 0 Å². The van der Waals surface area contributed by atoms with Crippen LogP contribution in [0.5, 0.6) is 0 Å². The Balaban J connectivity index is 2.54. The van der Waals surface area contributed by atoms with Crippen LogP contribution in [0.4, 0.5) is 0 Å². The van der Waals surface area contributed by atoms with Crippen LogP contribution in [0, 0.1) is 5.92 Å². The first-order chi connectivity index (χ1) is 8.32. The van der Waals surface area contributed by atoms with Gasteiger partial charge in [0.05, 0.1) is 11.2 Å². The fraction of sp³-hybridized carbons (Fsp3) is 1.00. The lowest BCUT2D eigenvalue weighted by atomic mass is 9.80. The first kappa shape index (κ1) is 16.0. The van der Waals surface area contributed by atoms with Crippen LogP contribution in [0.3, 0.4) is 0 Å². The van der Waals surface area contributed by atoms with Crippen molar-refractivity contribution in [1.29, 1.82) is 0 Å². The minimum Gasteiger partial charge on any atom is -0.369 e. The van der Waals surface area contributed by atoms with Gasteiger partial charge < -0.3 is 10.1 Å². The van der Waals surface area contributed by atoms with Crippen molar-refractivity contribution in [3.63, 3.8) is 0 Å². The molecule has 2 atom stereocenters. The maximum atomic E-state index is 6.22. The lowest BCUT2D eigenvalue weighted by molar-refractivity contribution is -0.0777. The summed E-state index contributed by atoms with van der Waals surface area (Å²) in [5.74, 6) is 0.624. The Hall–Kier alpha value is -0.0800. The number of hydrogen-bond acceptors (Lipinski definition) is 2. The molecule has 0 aromatic carbocycles. The van der Waals surface area contributed by atoms with Gasteiger partial charge in [0.25, 0.3) is 0 Å². The van der Waals surface area contributed by atoms with E-state index in [-0.39, 0.29) is 11.2 Å². The standard InChI is InChI=1S/C16H33NO/c1-7-8-9-10-11-14(17-6)13-12-15(2,3)18-16(13,4)5/h13-14,17H,7-12H2,1-6H3. The van der Waals surface area contributed by atoms with Gasteiger partial charge in [0.15, 0.2) is 0 Å². The van der Waals surface area contributed by atoms with Crippen molar-refractivity contribution in [2.45, 2.75) is 90.4 Å². The summed E-state index contributed by atoms with van der Waals surface area (Å²) in [7, 11) is 2.10. The summed E-state index contributed by atoms with van der Waals surface area (Å²) in [5, 5.41) is 3.53. The highest BCUT2D eigenvalue weighted by atomic mass is 16.5. The second-order valence-electron chi connectivity index (χ2n) is 7.02. The fourth-order valence-electron chi connectivity index (χ4n) is 3.57. The van der Waals surface area contributed by atoms with Crippen LogP contribution in [0.15, 0.2) is 0 Å². The van der Waals surface area contributed by atoms with E-state index in [0.29, 0.717) is 12.0 Å². The second kappa shape index (κ2) is 6.38. The third-order valence-corrected chi connectivity index (χ3v) is 4.37. The van der Waals surface area contributed by atoms with E-state index in [2.05, 4.69) is 47.0 Å². The highest BCUT2D eigenvalue weighted by Crippen LogP contribution is 2.44. The minimum absolute atomic E-state index is 0.00192. The summed E-state index contributed by atoms with van der Waals surface area (Å²) >= 11 is 0. The van der Waals surface area contributed by atoms with Gasteiger partial charge in [-0.3, -0.25) is 0 Å². The van der Waals surface area contributed by atoms with Gasteiger partial charge in [-0.15, -0.1) is 0 Å². The van der Waals surface area contributed by atoms with Crippen LogP contribution in [-0.4, -0.2) is 24.3 Å². The smallest absolute Gasteiger partial charge is 0.0677 e. The predicted molar refractivity (Wildman–Crippen MR) is 79.0 cm³/mol. The number of rotatable bonds is 7. The van der Waals surface area contributed by atoms with Gasteiger partial charge in [-0.25, -0.2) is 0 Å². The van der Waals surface area contributed by atoms with E-state index in [4.69, 9.17) is 4.74 Å². The molecule has 18 heavy (non-hydrogen) atoms. The normalized spacial score (nSPS) is 27.3. The van der Waals surface area contributed by atoms with Crippen LogP contribution in [0.2, 0.25) is 0 Å². The van der Waals surface area contributed by atoms with Gasteiger partial charge in [-0.05, 0) is 47.6 Å². The molecule has 0 aromatic rings. The maximum absolute atomic E-state index is 6.22. The molecule has 1 rings (SSSR count). The summed E-state index contributed by atoms with van der Waals surface area (Å²) in [5.41, 5.74) is 0.0363. The van der Waals surface area contributed by atoms with Crippen LogP contribution >= 0.6 is 0 Å². The van der Waals surface area contributed by atoms with E-state index in [1.54, 1.807) is 0 Å². The molecule has 2 nitrogen and oxygen atoms in total. The summed E-state index contributed by atoms with van der Waals surface area (Å²) < 4.78 is 6.22. The monoisotopic (exact) mass is 255 g/mol. The van der Waals surface area contributed by atoms with Crippen LogP contribution in [-0.2, 0) is 4.74 Å². The molecule has 1 aliphatic rings. The van der Waals surface area contributed by atoms with Gasteiger partial charge >= 0.3 is 0 Å². The van der Waals surface area contributed by atoms with Crippen LogP contribution in [0.25, 0.3) is 0 Å². The van der Waals surface area contributed by atoms with E-state index in [1.165, 1.54) is 38.5 Å². The van der Waals surface area contributed by atoms with Gasteiger partial charge in [-0.1, -0.05) is 32.6 Å². The second-order valence-corrected chi connectivity index (χ2v) is 7.02. The Bertz CT molecular complexity index is 247. The van der Waals surface area contributed by atoms with Gasteiger partial charge in [0.1, 0.15) is 0 Å². The van der Waals surface area contributed by atoms with E-state index in [9.17, 15) is 0 Å². The molecule has 0 aliphatic carbocycles. The Morgan fingerprint density at radius 3 is 2.28 bits per heavy atom. The molecule has 0 saturated carbocycles. The zero-order chi connectivity index (χ0) is 13.8. The van der Waals surface area contributed by atoms with Gasteiger partial charge in [0, 0.05) is 12.0 Å². The quantitative estimate of drug-likeness (QED) is 0.690. The van der Waals surface area contributed by atoms with Crippen molar-refractivity contribution in [2.24, 2.45) is 5.92 Å².